The van der Waals surface area contributed by atoms with Crippen molar-refractivity contribution in [1.82, 2.24) is 9.91 Å². The monoisotopic (exact) mass is 479 g/mol. The number of hydrazone groups is 1. The Morgan fingerprint density at radius 3 is 2.43 bits per heavy atom. The van der Waals surface area contributed by atoms with E-state index in [0.29, 0.717) is 31.9 Å². The largest absolute Gasteiger partial charge is 0.497 e. The minimum Gasteiger partial charge on any atom is -0.497 e. The van der Waals surface area contributed by atoms with E-state index < -0.39 is 5.79 Å². The number of hydrogen-bond acceptors (Lipinski definition) is 7. The number of benzene rings is 2. The summed E-state index contributed by atoms with van der Waals surface area (Å²) in [5.74, 6) is 0.936. The number of nitrogens with zero attached hydrogens (tertiary/aromatic N) is 3. The molecular formula is C27H33N3O5. The molecule has 35 heavy (non-hydrogen) atoms. The summed E-state index contributed by atoms with van der Waals surface area (Å²) in [4.78, 5) is 15.8. The summed E-state index contributed by atoms with van der Waals surface area (Å²) in [6, 6.07) is 13.7. The number of ether oxygens (including phenoxy) is 4. The summed E-state index contributed by atoms with van der Waals surface area (Å²) in [5, 5.41) is 6.48. The Bertz CT molecular complexity index is 1080. The van der Waals surface area contributed by atoms with Gasteiger partial charge in [-0.25, -0.2) is 5.01 Å². The van der Waals surface area contributed by atoms with Gasteiger partial charge in [0.25, 0.3) is 5.91 Å². The third kappa shape index (κ3) is 4.91. The highest BCUT2D eigenvalue weighted by atomic mass is 16.7. The summed E-state index contributed by atoms with van der Waals surface area (Å²) in [5.41, 5.74) is 3.98. The van der Waals surface area contributed by atoms with Gasteiger partial charge in [-0.05, 0) is 30.7 Å². The molecule has 0 radical (unpaired) electrons. The van der Waals surface area contributed by atoms with Crippen molar-refractivity contribution < 1.29 is 23.7 Å². The minimum atomic E-state index is -0.458. The molecule has 3 aliphatic heterocycles. The SMILES string of the molecule is COc1ccc(OC)c(C2CC(c3ccc(C)cc3)=NN2C(=O)CN2CCC3(CC2)OCCO3)c1. The Morgan fingerprint density at radius 2 is 1.77 bits per heavy atom. The van der Waals surface area contributed by atoms with Crippen LogP contribution in [0.3, 0.4) is 0 Å². The molecular weight excluding hydrogens is 446 g/mol. The molecule has 5 rings (SSSR count). The first kappa shape index (κ1) is 23.8. The van der Waals surface area contributed by atoms with E-state index in [1.54, 1.807) is 19.2 Å². The van der Waals surface area contributed by atoms with E-state index in [0.717, 1.165) is 48.5 Å². The second kappa shape index (κ2) is 9.97. The maximum Gasteiger partial charge on any atom is 0.257 e. The van der Waals surface area contributed by atoms with Crippen LogP contribution in [0, 0.1) is 6.92 Å². The molecule has 1 amide bonds. The highest BCUT2D eigenvalue weighted by molar-refractivity contribution is 6.03. The number of likely N-dealkylation sites (tertiary alicyclic amines) is 1. The Labute approximate surface area is 206 Å². The minimum absolute atomic E-state index is 0.0359. The van der Waals surface area contributed by atoms with Gasteiger partial charge in [0.1, 0.15) is 11.5 Å². The number of aryl methyl sites for hydroxylation is 1. The van der Waals surface area contributed by atoms with E-state index in [9.17, 15) is 4.79 Å². The molecule has 1 spiro atoms. The second-order valence-corrected chi connectivity index (χ2v) is 9.36. The third-order valence-corrected chi connectivity index (χ3v) is 7.14. The molecule has 186 valence electrons. The van der Waals surface area contributed by atoms with Gasteiger partial charge in [-0.15, -0.1) is 0 Å². The molecule has 0 aromatic heterocycles. The van der Waals surface area contributed by atoms with Crippen LogP contribution in [-0.4, -0.2) is 74.4 Å². The Kier molecular flexibility index (Phi) is 6.77. The molecule has 3 aliphatic rings. The van der Waals surface area contributed by atoms with Gasteiger partial charge < -0.3 is 18.9 Å². The van der Waals surface area contributed by atoms with Crippen molar-refractivity contribution in [3.63, 3.8) is 0 Å². The summed E-state index contributed by atoms with van der Waals surface area (Å²) >= 11 is 0. The van der Waals surface area contributed by atoms with Gasteiger partial charge in [-0.1, -0.05) is 29.8 Å². The van der Waals surface area contributed by atoms with Crippen LogP contribution in [-0.2, 0) is 14.3 Å². The van der Waals surface area contributed by atoms with Crippen molar-refractivity contribution in [3.05, 3.63) is 59.2 Å². The van der Waals surface area contributed by atoms with Crippen LogP contribution < -0.4 is 9.47 Å². The van der Waals surface area contributed by atoms with Crippen molar-refractivity contribution in [2.75, 3.05) is 47.1 Å². The molecule has 3 heterocycles. The van der Waals surface area contributed by atoms with E-state index >= 15 is 0 Å². The fraction of sp³-hybridized carbons (Fsp3) is 0.481. The van der Waals surface area contributed by atoms with Gasteiger partial charge in [-0.3, -0.25) is 9.69 Å². The lowest BCUT2D eigenvalue weighted by Gasteiger charge is -2.37. The fourth-order valence-electron chi connectivity index (χ4n) is 5.10. The van der Waals surface area contributed by atoms with Gasteiger partial charge in [0.05, 0.1) is 45.7 Å². The fourth-order valence-corrected chi connectivity index (χ4v) is 5.10. The summed E-state index contributed by atoms with van der Waals surface area (Å²) < 4.78 is 22.8. The third-order valence-electron chi connectivity index (χ3n) is 7.14. The van der Waals surface area contributed by atoms with Gasteiger partial charge in [-0.2, -0.15) is 5.10 Å². The highest BCUT2D eigenvalue weighted by Gasteiger charge is 2.41. The number of hydrogen-bond donors (Lipinski definition) is 0. The Hall–Kier alpha value is -2.94. The highest BCUT2D eigenvalue weighted by Crippen LogP contribution is 2.39. The van der Waals surface area contributed by atoms with Crippen molar-refractivity contribution in [2.24, 2.45) is 5.10 Å². The number of carbonyl (C=O) groups excluding carboxylic acids is 1. The van der Waals surface area contributed by atoms with Gasteiger partial charge in [0, 0.05) is 37.9 Å². The quantitative estimate of drug-likeness (QED) is 0.631. The molecule has 2 saturated heterocycles. The van der Waals surface area contributed by atoms with Crippen molar-refractivity contribution in [1.29, 1.82) is 0 Å². The van der Waals surface area contributed by atoms with Crippen LogP contribution in [0.2, 0.25) is 0 Å². The maximum atomic E-state index is 13.6. The van der Waals surface area contributed by atoms with Gasteiger partial charge in [0.2, 0.25) is 0 Å². The van der Waals surface area contributed by atoms with Crippen molar-refractivity contribution in [2.45, 2.75) is 38.0 Å². The first-order valence-electron chi connectivity index (χ1n) is 12.2. The summed E-state index contributed by atoms with van der Waals surface area (Å²) in [6.45, 7) is 5.15. The Morgan fingerprint density at radius 1 is 1.06 bits per heavy atom. The molecule has 1 unspecified atom stereocenters. The molecule has 0 aliphatic carbocycles. The lowest BCUT2D eigenvalue weighted by atomic mass is 9.97. The maximum absolute atomic E-state index is 13.6. The molecule has 0 saturated carbocycles. The molecule has 0 bridgehead atoms. The lowest BCUT2D eigenvalue weighted by Crippen LogP contribution is -2.48. The molecule has 2 fully saturated rings. The zero-order chi connectivity index (χ0) is 24.4. The number of amides is 1. The van der Waals surface area contributed by atoms with Gasteiger partial charge >= 0.3 is 0 Å². The lowest BCUT2D eigenvalue weighted by molar-refractivity contribution is -0.186. The van der Waals surface area contributed by atoms with Crippen LogP contribution in [0.5, 0.6) is 11.5 Å². The number of piperidine rings is 1. The van der Waals surface area contributed by atoms with E-state index in [1.807, 2.05) is 18.2 Å². The predicted molar refractivity (Wildman–Crippen MR) is 132 cm³/mol. The number of methoxy groups -OCH3 is 2. The van der Waals surface area contributed by atoms with E-state index in [4.69, 9.17) is 24.0 Å². The van der Waals surface area contributed by atoms with Crippen LogP contribution in [0.25, 0.3) is 0 Å². The number of carbonyl (C=O) groups is 1. The van der Waals surface area contributed by atoms with Crippen molar-refractivity contribution in [3.8, 4) is 11.5 Å². The zero-order valence-electron chi connectivity index (χ0n) is 20.7. The van der Waals surface area contributed by atoms with E-state index in [-0.39, 0.29) is 11.9 Å². The van der Waals surface area contributed by atoms with Crippen LogP contribution in [0.1, 0.15) is 42.0 Å². The molecule has 2 aromatic rings. The Balaban J connectivity index is 1.39. The topological polar surface area (TPSA) is 72.8 Å². The summed E-state index contributed by atoms with van der Waals surface area (Å²) in [6.07, 6.45) is 2.14. The number of rotatable bonds is 6. The molecule has 1 atom stereocenters. The van der Waals surface area contributed by atoms with Crippen LogP contribution in [0.15, 0.2) is 47.6 Å². The average Bonchev–Trinajstić information content (AvgIpc) is 3.53. The molecule has 8 heteroatoms. The second-order valence-electron chi connectivity index (χ2n) is 9.36. The van der Waals surface area contributed by atoms with Gasteiger partial charge in [0.15, 0.2) is 5.79 Å². The van der Waals surface area contributed by atoms with Crippen molar-refractivity contribution >= 4 is 11.6 Å². The first-order chi connectivity index (χ1) is 17.0. The standard InChI is InChI=1S/C27H33N3O5/c1-19-4-6-20(7-5-19)23-17-24(22-16-21(32-2)8-9-25(22)33-3)30(28-23)26(31)18-29-12-10-27(11-13-29)34-14-15-35-27/h4-9,16,24H,10-15,17-18H2,1-3H3. The summed E-state index contributed by atoms with van der Waals surface area (Å²) in [7, 11) is 3.28. The zero-order valence-corrected chi connectivity index (χ0v) is 20.7. The van der Waals surface area contributed by atoms with E-state index in [2.05, 4.69) is 36.1 Å². The van der Waals surface area contributed by atoms with Crippen LogP contribution in [0.4, 0.5) is 0 Å². The van der Waals surface area contributed by atoms with E-state index in [1.165, 1.54) is 5.56 Å². The average molecular weight is 480 g/mol. The smallest absolute Gasteiger partial charge is 0.257 e. The normalized spacial score (nSPS) is 21.9. The molecule has 8 nitrogen and oxygen atoms in total. The molecule has 2 aromatic carbocycles. The predicted octanol–water partition coefficient (Wildman–Crippen LogP) is 3.53. The molecule has 0 N–H and O–H groups in total. The van der Waals surface area contributed by atoms with Crippen LogP contribution >= 0.6 is 0 Å². The first-order valence-corrected chi connectivity index (χ1v) is 12.2.